The first-order chi connectivity index (χ1) is 14.9. The van der Waals surface area contributed by atoms with Crippen LogP contribution in [0.25, 0.3) is 11.2 Å². The second kappa shape index (κ2) is 8.21. The molecule has 0 radical (unpaired) electrons. The van der Waals surface area contributed by atoms with Gasteiger partial charge >= 0.3 is 0 Å². The Morgan fingerprint density at radius 1 is 0.967 bits per heavy atom. The van der Waals surface area contributed by atoms with Gasteiger partial charge in [0.05, 0.1) is 19.4 Å². The van der Waals surface area contributed by atoms with Gasteiger partial charge in [-0.15, -0.1) is 0 Å². The Hall–Kier alpha value is -3.92. The van der Waals surface area contributed by atoms with Crippen molar-refractivity contribution in [2.24, 2.45) is 5.10 Å². The Balaban J connectivity index is 1.57. The number of fused-ring (bicyclic) bond motifs is 1. The summed E-state index contributed by atoms with van der Waals surface area (Å²) >= 11 is 0. The van der Waals surface area contributed by atoms with Crippen LogP contribution in [0.15, 0.2) is 60.5 Å². The quantitative estimate of drug-likeness (QED) is 0.507. The predicted octanol–water partition coefficient (Wildman–Crippen LogP) is 2.08. The fraction of sp³-hybridized carbons (Fsp3) is 0.200. The number of anilines is 3. The van der Waals surface area contributed by atoms with Gasteiger partial charge in [-0.2, -0.15) is 15.1 Å². The van der Waals surface area contributed by atoms with Gasteiger partial charge in [-0.3, -0.25) is 9.97 Å². The summed E-state index contributed by atoms with van der Waals surface area (Å²) in [6.07, 6.45) is 10.3. The first-order valence-corrected chi connectivity index (χ1v) is 9.56. The Bertz CT molecular complexity index is 1160. The predicted molar refractivity (Wildman–Crippen MR) is 113 cm³/mol. The monoisotopic (exact) mass is 401 g/mol. The average Bonchev–Trinajstić information content (AvgIpc) is 3.23. The van der Waals surface area contributed by atoms with Gasteiger partial charge in [0.1, 0.15) is 6.33 Å². The lowest BCUT2D eigenvalue weighted by Gasteiger charge is -2.27. The molecule has 5 heterocycles. The molecule has 1 N–H and O–H groups in total. The van der Waals surface area contributed by atoms with E-state index in [1.165, 1.54) is 0 Å². The lowest BCUT2D eigenvalue weighted by atomic mass is 10.3. The maximum atomic E-state index is 5.46. The molecule has 5 rings (SSSR count). The summed E-state index contributed by atoms with van der Waals surface area (Å²) in [7, 11) is 0. The van der Waals surface area contributed by atoms with Crippen LogP contribution in [0, 0.1) is 0 Å². The second-order valence-corrected chi connectivity index (χ2v) is 6.62. The van der Waals surface area contributed by atoms with Crippen molar-refractivity contribution in [1.29, 1.82) is 0 Å². The molecular formula is C20H19N9O. The number of ether oxygens (including phenoxy) is 1. The molecule has 0 spiro atoms. The SMILES string of the molecule is C(=Nn1cnc2c(Nc3ccncc3)nc(N3CCOCC3)nc21)c1ccncc1. The third-order valence-corrected chi connectivity index (χ3v) is 4.64. The Morgan fingerprint density at radius 2 is 1.70 bits per heavy atom. The van der Waals surface area contributed by atoms with E-state index >= 15 is 0 Å². The molecule has 10 heteroatoms. The van der Waals surface area contributed by atoms with Crippen molar-refractivity contribution >= 4 is 34.8 Å². The highest BCUT2D eigenvalue weighted by molar-refractivity contribution is 5.87. The molecule has 4 aromatic rings. The van der Waals surface area contributed by atoms with E-state index < -0.39 is 0 Å². The van der Waals surface area contributed by atoms with Crippen LogP contribution in [0.2, 0.25) is 0 Å². The van der Waals surface area contributed by atoms with Crippen molar-refractivity contribution in [1.82, 2.24) is 29.6 Å². The molecule has 0 unspecified atom stereocenters. The van der Waals surface area contributed by atoms with Gasteiger partial charge < -0.3 is 15.0 Å². The van der Waals surface area contributed by atoms with Gasteiger partial charge in [0.25, 0.3) is 0 Å². The topological polar surface area (TPSA) is 106 Å². The summed E-state index contributed by atoms with van der Waals surface area (Å²) < 4.78 is 7.12. The summed E-state index contributed by atoms with van der Waals surface area (Å²) in [5.74, 6) is 1.23. The highest BCUT2D eigenvalue weighted by Crippen LogP contribution is 2.25. The summed E-state index contributed by atoms with van der Waals surface area (Å²) in [5.41, 5.74) is 3.06. The highest BCUT2D eigenvalue weighted by Gasteiger charge is 2.19. The van der Waals surface area contributed by atoms with Crippen LogP contribution in [-0.2, 0) is 4.74 Å². The van der Waals surface area contributed by atoms with Crippen LogP contribution in [0.4, 0.5) is 17.5 Å². The Kier molecular flexibility index (Phi) is 4.96. The number of hydrogen-bond acceptors (Lipinski definition) is 9. The van der Waals surface area contributed by atoms with Crippen LogP contribution < -0.4 is 10.2 Å². The van der Waals surface area contributed by atoms with E-state index in [9.17, 15) is 0 Å². The third kappa shape index (κ3) is 3.80. The molecule has 4 aromatic heterocycles. The van der Waals surface area contributed by atoms with Crippen molar-refractivity contribution in [3.8, 4) is 0 Å². The van der Waals surface area contributed by atoms with E-state index in [1.54, 1.807) is 42.0 Å². The molecule has 0 aromatic carbocycles. The molecule has 1 aliphatic heterocycles. The third-order valence-electron chi connectivity index (χ3n) is 4.64. The van der Waals surface area contributed by atoms with Crippen LogP contribution in [-0.4, -0.2) is 62.1 Å². The largest absolute Gasteiger partial charge is 0.378 e. The van der Waals surface area contributed by atoms with E-state index in [0.717, 1.165) is 24.3 Å². The van der Waals surface area contributed by atoms with E-state index in [2.05, 4.69) is 30.3 Å². The first-order valence-electron chi connectivity index (χ1n) is 9.56. The van der Waals surface area contributed by atoms with E-state index in [0.29, 0.717) is 36.1 Å². The molecule has 0 bridgehead atoms. The molecule has 10 nitrogen and oxygen atoms in total. The van der Waals surface area contributed by atoms with Crippen molar-refractivity contribution < 1.29 is 4.74 Å². The second-order valence-electron chi connectivity index (χ2n) is 6.62. The molecular weight excluding hydrogens is 382 g/mol. The van der Waals surface area contributed by atoms with Crippen molar-refractivity contribution in [3.63, 3.8) is 0 Å². The van der Waals surface area contributed by atoms with Crippen molar-refractivity contribution in [2.75, 3.05) is 36.5 Å². The minimum absolute atomic E-state index is 0.614. The van der Waals surface area contributed by atoms with Crippen molar-refractivity contribution in [2.45, 2.75) is 0 Å². The summed E-state index contributed by atoms with van der Waals surface area (Å²) in [6, 6.07) is 7.52. The zero-order chi connectivity index (χ0) is 20.2. The number of imidazole rings is 1. The van der Waals surface area contributed by atoms with Crippen LogP contribution in [0.1, 0.15) is 5.56 Å². The number of morpholine rings is 1. The molecule has 0 amide bonds. The Labute approximate surface area is 172 Å². The maximum Gasteiger partial charge on any atom is 0.229 e. The van der Waals surface area contributed by atoms with E-state index in [1.807, 2.05) is 24.3 Å². The van der Waals surface area contributed by atoms with E-state index in [-0.39, 0.29) is 0 Å². The van der Waals surface area contributed by atoms with Gasteiger partial charge in [-0.1, -0.05) is 0 Å². The lowest BCUT2D eigenvalue weighted by Crippen LogP contribution is -2.37. The molecule has 0 saturated carbocycles. The molecule has 1 saturated heterocycles. The number of aromatic nitrogens is 6. The normalized spacial score (nSPS) is 14.5. The fourth-order valence-electron chi connectivity index (χ4n) is 3.10. The summed E-state index contributed by atoms with van der Waals surface area (Å²) in [6.45, 7) is 2.76. The van der Waals surface area contributed by atoms with Crippen LogP contribution >= 0.6 is 0 Å². The molecule has 0 aliphatic carbocycles. The summed E-state index contributed by atoms with van der Waals surface area (Å²) in [4.78, 5) is 24.2. The number of hydrogen-bond donors (Lipinski definition) is 1. The molecule has 30 heavy (non-hydrogen) atoms. The van der Waals surface area contributed by atoms with Gasteiger partial charge in [0.2, 0.25) is 5.95 Å². The zero-order valence-electron chi connectivity index (χ0n) is 16.1. The zero-order valence-corrected chi connectivity index (χ0v) is 16.1. The smallest absolute Gasteiger partial charge is 0.229 e. The molecule has 1 fully saturated rings. The van der Waals surface area contributed by atoms with Gasteiger partial charge in [-0.25, -0.2) is 9.66 Å². The number of pyridine rings is 2. The van der Waals surface area contributed by atoms with Gasteiger partial charge in [0.15, 0.2) is 17.0 Å². The average molecular weight is 401 g/mol. The lowest BCUT2D eigenvalue weighted by molar-refractivity contribution is 0.122. The highest BCUT2D eigenvalue weighted by atomic mass is 16.5. The van der Waals surface area contributed by atoms with Crippen LogP contribution in [0.5, 0.6) is 0 Å². The van der Waals surface area contributed by atoms with E-state index in [4.69, 9.17) is 14.7 Å². The van der Waals surface area contributed by atoms with Gasteiger partial charge in [-0.05, 0) is 29.8 Å². The molecule has 1 aliphatic rings. The minimum Gasteiger partial charge on any atom is -0.378 e. The first kappa shape index (κ1) is 18.1. The van der Waals surface area contributed by atoms with Crippen molar-refractivity contribution in [3.05, 3.63) is 60.9 Å². The minimum atomic E-state index is 0.614. The number of nitrogens with one attached hydrogen (secondary N) is 1. The maximum absolute atomic E-state index is 5.46. The molecule has 150 valence electrons. The molecule has 0 atom stereocenters. The number of rotatable bonds is 5. The number of nitrogens with zero attached hydrogens (tertiary/aromatic N) is 8. The van der Waals surface area contributed by atoms with Crippen LogP contribution in [0.3, 0.4) is 0 Å². The Morgan fingerprint density at radius 3 is 2.47 bits per heavy atom. The van der Waals surface area contributed by atoms with Gasteiger partial charge in [0, 0.05) is 43.6 Å². The fourth-order valence-corrected chi connectivity index (χ4v) is 3.10. The standard InChI is InChI=1S/C20H19N9O/c1-5-21-6-2-15(1)13-24-29-14-23-17-18(25-16-3-7-22-8-4-16)26-20(27-19(17)29)28-9-11-30-12-10-28/h1-8,13-14H,9-12H2,(H,22,25,26,27). The summed E-state index contributed by atoms with van der Waals surface area (Å²) in [5, 5.41) is 7.86.